The fraction of sp³-hybridized carbons (Fsp3) is 0.667. The molecule has 0 aromatic carbocycles. The first-order chi connectivity index (χ1) is 22.0. The highest BCUT2D eigenvalue weighted by Gasteiger charge is 2.69. The summed E-state index contributed by atoms with van der Waals surface area (Å²) in [5, 5.41) is 12.0. The van der Waals surface area contributed by atoms with Gasteiger partial charge in [-0.15, -0.1) is 0 Å². The van der Waals surface area contributed by atoms with E-state index in [1.54, 1.807) is 22.9 Å². The van der Waals surface area contributed by atoms with Gasteiger partial charge in [-0.25, -0.2) is 9.78 Å². The Morgan fingerprint density at radius 1 is 1.23 bits per heavy atom. The number of carboxylic acid groups (broad SMARTS) is 1. The van der Waals surface area contributed by atoms with Gasteiger partial charge in [-0.2, -0.15) is 0 Å². The van der Waals surface area contributed by atoms with Gasteiger partial charge in [0.05, 0.1) is 24.5 Å². The zero-order valence-corrected chi connectivity index (χ0v) is 28.5. The number of ketones is 2. The second-order valence-electron chi connectivity index (χ2n) is 15.0. The smallest absolute Gasteiger partial charge is 0.326 e. The number of nitrogens with two attached hydrogens (primary N) is 1. The summed E-state index contributed by atoms with van der Waals surface area (Å²) in [6.07, 6.45) is 11.9. The lowest BCUT2D eigenvalue weighted by Crippen LogP contribution is -2.59. The van der Waals surface area contributed by atoms with Gasteiger partial charge in [-0.1, -0.05) is 46.3 Å². The molecule has 0 radical (unpaired) electrons. The molecule has 5 rings (SSSR count). The number of carboxylic acids is 1. The molecule has 0 bridgehead atoms. The number of aromatic nitrogens is 2. The Balaban J connectivity index is 1.35. The quantitative estimate of drug-likeness (QED) is 0.302. The van der Waals surface area contributed by atoms with Crippen LogP contribution in [-0.4, -0.2) is 62.3 Å². The molecule has 3 fully saturated rings. The van der Waals surface area contributed by atoms with Crippen LogP contribution in [0.15, 0.2) is 36.3 Å². The Bertz CT molecular complexity index is 1510. The molecule has 0 aliphatic heterocycles. The first-order valence-electron chi connectivity index (χ1n) is 17.0. The van der Waals surface area contributed by atoms with Crippen LogP contribution in [0.4, 0.5) is 0 Å². The van der Waals surface area contributed by atoms with E-state index in [2.05, 4.69) is 38.0 Å². The van der Waals surface area contributed by atoms with Crippen molar-refractivity contribution in [3.63, 3.8) is 0 Å². The van der Waals surface area contributed by atoms with Gasteiger partial charge in [0, 0.05) is 42.3 Å². The van der Waals surface area contributed by atoms with E-state index in [4.69, 9.17) is 10.5 Å². The third-order valence-electron chi connectivity index (χ3n) is 12.5. The van der Waals surface area contributed by atoms with E-state index >= 15 is 0 Å². The molecule has 4 aliphatic rings. The van der Waals surface area contributed by atoms with Crippen molar-refractivity contribution in [2.45, 2.75) is 111 Å². The summed E-state index contributed by atoms with van der Waals surface area (Å²) in [5.74, 6) is -1.13. The molecular weight excluding hydrogens is 600 g/mol. The number of fused-ring (bicyclic) bond motifs is 5. The van der Waals surface area contributed by atoms with Gasteiger partial charge in [0.25, 0.3) is 0 Å². The number of amides is 1. The molecule has 1 aromatic heterocycles. The maximum atomic E-state index is 13.6. The number of carbonyl (C=O) groups is 5. The molecule has 11 nitrogen and oxygen atoms in total. The van der Waals surface area contributed by atoms with Crippen LogP contribution in [0.2, 0.25) is 0 Å². The fourth-order valence-electron chi connectivity index (χ4n) is 9.71. The van der Waals surface area contributed by atoms with Crippen LogP contribution in [0.1, 0.15) is 85.8 Å². The first kappa shape index (κ1) is 34.7. The van der Waals surface area contributed by atoms with Gasteiger partial charge >= 0.3 is 11.9 Å². The second kappa shape index (κ2) is 12.8. The lowest BCUT2D eigenvalue weighted by molar-refractivity contribution is -0.180. The van der Waals surface area contributed by atoms with E-state index in [1.165, 1.54) is 13.3 Å². The van der Waals surface area contributed by atoms with Crippen LogP contribution in [0.3, 0.4) is 0 Å². The molecule has 2 unspecified atom stereocenters. The number of aliphatic carboxylic acids is 1. The zero-order valence-electron chi connectivity index (χ0n) is 28.5. The summed E-state index contributed by atoms with van der Waals surface area (Å²) in [6, 6.07) is -2.03. The predicted molar refractivity (Wildman–Crippen MR) is 174 cm³/mol. The number of allylic oxidation sites excluding steroid dienone is 4. The van der Waals surface area contributed by atoms with Crippen LogP contribution >= 0.6 is 0 Å². The molecule has 1 heterocycles. The molecule has 0 saturated heterocycles. The van der Waals surface area contributed by atoms with E-state index in [0.29, 0.717) is 24.5 Å². The van der Waals surface area contributed by atoms with Gasteiger partial charge in [-0.05, 0) is 67.9 Å². The van der Waals surface area contributed by atoms with Crippen molar-refractivity contribution in [1.82, 2.24) is 14.9 Å². The van der Waals surface area contributed by atoms with Crippen molar-refractivity contribution >= 4 is 29.4 Å². The van der Waals surface area contributed by atoms with E-state index < -0.39 is 40.9 Å². The van der Waals surface area contributed by atoms with Crippen LogP contribution in [0.25, 0.3) is 0 Å². The standard InChI is InChI=1S/C36H50N4O7/c1-7-29(42)36(6)20(2)14-26-25-9-8-22-15-24(41)10-12-34(22,4)31(25)28(17-35(26,36)5)47-30(43)11-13-40-18-23(38-19-40)16-27(33(45)46)39-32(44)21(3)37/h10,12,15,18-21,25-28,31H,7-9,11,13-14,16-17,37H2,1-6H3,(H,39,44)(H,45,46)/t20-,21?,25+,26+,27?,28+,31-,34+,35+,36-/m1/s1. The minimum absolute atomic E-state index is 0.00794. The van der Waals surface area contributed by atoms with E-state index in [9.17, 15) is 29.1 Å². The number of ether oxygens (including phenoxy) is 1. The molecule has 4 aliphatic carbocycles. The van der Waals surface area contributed by atoms with Gasteiger partial charge in [0.15, 0.2) is 5.78 Å². The van der Waals surface area contributed by atoms with E-state index in [0.717, 1.165) is 24.8 Å². The molecule has 0 spiro atoms. The van der Waals surface area contributed by atoms with Crippen molar-refractivity contribution in [2.75, 3.05) is 0 Å². The maximum Gasteiger partial charge on any atom is 0.326 e. The van der Waals surface area contributed by atoms with Crippen molar-refractivity contribution in [1.29, 1.82) is 0 Å². The number of carbonyl (C=O) groups excluding carboxylic acids is 4. The van der Waals surface area contributed by atoms with Crippen LogP contribution < -0.4 is 11.1 Å². The van der Waals surface area contributed by atoms with Gasteiger partial charge in [0.1, 0.15) is 17.9 Å². The summed E-state index contributed by atoms with van der Waals surface area (Å²) in [5.41, 5.74) is 5.83. The largest absolute Gasteiger partial charge is 0.480 e. The van der Waals surface area contributed by atoms with Crippen molar-refractivity contribution in [3.8, 4) is 0 Å². The SMILES string of the molecule is CCC(=O)[C@@]1(C)[C@H](C)C[C@H]2[C@@H]3CCC4=CC(=O)C=C[C@]4(C)[C@H]3[C@@H](OC(=O)CCn3cnc(CC(NC(=O)C(C)N)C(=O)O)c3)C[C@@]21C. The number of rotatable bonds is 11. The molecule has 1 aromatic rings. The van der Waals surface area contributed by atoms with Crippen LogP contribution in [0, 0.1) is 39.9 Å². The number of aryl methyl sites for hydroxylation is 1. The number of imidazole rings is 1. The average molecular weight is 651 g/mol. The Morgan fingerprint density at radius 3 is 2.62 bits per heavy atom. The number of nitrogens with one attached hydrogen (secondary N) is 1. The van der Waals surface area contributed by atoms with Crippen LogP contribution in [-0.2, 0) is 41.7 Å². The lowest BCUT2D eigenvalue weighted by atomic mass is 9.44. The summed E-state index contributed by atoms with van der Waals surface area (Å²) >= 11 is 0. The number of nitrogens with zero attached hydrogens (tertiary/aromatic N) is 2. The van der Waals surface area contributed by atoms with Crippen molar-refractivity contribution < 1.29 is 33.8 Å². The minimum atomic E-state index is -1.20. The second-order valence-corrected chi connectivity index (χ2v) is 15.0. The molecule has 47 heavy (non-hydrogen) atoms. The van der Waals surface area contributed by atoms with Gasteiger partial charge < -0.3 is 25.5 Å². The summed E-state index contributed by atoms with van der Waals surface area (Å²) in [7, 11) is 0. The average Bonchev–Trinajstić information content (AvgIpc) is 3.55. The molecule has 10 atom stereocenters. The van der Waals surface area contributed by atoms with Crippen molar-refractivity contribution in [2.24, 2.45) is 45.7 Å². The predicted octanol–water partition coefficient (Wildman–Crippen LogP) is 3.79. The van der Waals surface area contributed by atoms with Crippen molar-refractivity contribution in [3.05, 3.63) is 42.0 Å². The van der Waals surface area contributed by atoms with Gasteiger partial charge in [-0.3, -0.25) is 19.2 Å². The van der Waals surface area contributed by atoms with E-state index in [-0.39, 0.29) is 60.1 Å². The summed E-state index contributed by atoms with van der Waals surface area (Å²) in [6.45, 7) is 12.4. The third kappa shape index (κ3) is 6.00. The number of esters is 1. The Labute approximate surface area is 276 Å². The minimum Gasteiger partial charge on any atom is -0.480 e. The number of hydrogen-bond acceptors (Lipinski definition) is 8. The lowest BCUT2D eigenvalue weighted by Gasteiger charge is -2.60. The molecule has 256 valence electrons. The monoisotopic (exact) mass is 650 g/mol. The normalized spacial score (nSPS) is 35.5. The Kier molecular flexibility index (Phi) is 9.44. The molecule has 4 N–H and O–H groups in total. The molecule has 11 heteroatoms. The summed E-state index contributed by atoms with van der Waals surface area (Å²) in [4.78, 5) is 67.6. The third-order valence-corrected chi connectivity index (χ3v) is 12.5. The fourth-order valence-corrected chi connectivity index (χ4v) is 9.71. The highest BCUT2D eigenvalue weighted by Crippen LogP contribution is 2.71. The first-order valence-corrected chi connectivity index (χ1v) is 17.0. The topological polar surface area (TPSA) is 171 Å². The summed E-state index contributed by atoms with van der Waals surface area (Å²) < 4.78 is 8.15. The molecule has 1 amide bonds. The van der Waals surface area contributed by atoms with Gasteiger partial charge in [0.2, 0.25) is 5.91 Å². The number of hydrogen-bond donors (Lipinski definition) is 3. The molecular formula is C36H50N4O7. The highest BCUT2D eigenvalue weighted by atomic mass is 16.5. The number of Topliss-reactive ketones (excluding diaryl/α,β-unsaturated/α-hetero) is 1. The van der Waals surface area contributed by atoms with E-state index in [1.807, 2.05) is 13.0 Å². The van der Waals surface area contributed by atoms with Crippen LogP contribution in [0.5, 0.6) is 0 Å². The zero-order chi connectivity index (χ0) is 34.5. The highest BCUT2D eigenvalue weighted by molar-refractivity contribution is 6.01. The molecule has 3 saturated carbocycles. The maximum absolute atomic E-state index is 13.6. The Hall–Kier alpha value is -3.60. The Morgan fingerprint density at radius 2 is 1.96 bits per heavy atom.